The van der Waals surface area contributed by atoms with Crippen molar-refractivity contribution in [3.8, 4) is 11.5 Å². The molecular weight excluding hydrogens is 376 g/mol. The van der Waals surface area contributed by atoms with Gasteiger partial charge in [0, 0.05) is 25.2 Å². The van der Waals surface area contributed by atoms with Gasteiger partial charge in [0.15, 0.2) is 0 Å². The number of carbonyl (C=O) groups excluding carboxylic acids is 1. The fourth-order valence-electron chi connectivity index (χ4n) is 3.73. The molecule has 0 bridgehead atoms. The van der Waals surface area contributed by atoms with Gasteiger partial charge < -0.3 is 19.7 Å². The molecule has 0 aliphatic carbocycles. The summed E-state index contributed by atoms with van der Waals surface area (Å²) in [7, 11) is 1.64. The smallest absolute Gasteiger partial charge is 0.220 e. The second kappa shape index (κ2) is 10.9. The minimum Gasteiger partial charge on any atom is -0.497 e. The van der Waals surface area contributed by atoms with Gasteiger partial charge in [-0.1, -0.05) is 19.1 Å². The van der Waals surface area contributed by atoms with Gasteiger partial charge in [0.2, 0.25) is 5.91 Å². The third-order valence-corrected chi connectivity index (χ3v) is 5.80. The van der Waals surface area contributed by atoms with E-state index in [1.807, 2.05) is 31.2 Å². The number of methoxy groups -OCH3 is 1. The monoisotopic (exact) mass is 410 g/mol. The Morgan fingerprint density at radius 3 is 2.33 bits per heavy atom. The number of rotatable bonds is 9. The normalized spacial score (nSPS) is 15.5. The van der Waals surface area contributed by atoms with Crippen LogP contribution in [-0.4, -0.2) is 32.7 Å². The van der Waals surface area contributed by atoms with E-state index in [9.17, 15) is 4.79 Å². The molecule has 30 heavy (non-hydrogen) atoms. The average molecular weight is 411 g/mol. The van der Waals surface area contributed by atoms with Gasteiger partial charge in [-0.25, -0.2) is 0 Å². The molecule has 1 N–H and O–H groups in total. The number of nitrogens with one attached hydrogen (secondary N) is 1. The van der Waals surface area contributed by atoms with Gasteiger partial charge in [-0.2, -0.15) is 0 Å². The van der Waals surface area contributed by atoms with E-state index in [1.54, 1.807) is 7.11 Å². The standard InChI is InChI=1S/C25H34N2O3/c1-19-14-16-27(17-15-19)22-8-6-21(7-9-22)20(2)26-25(28)5-4-18-30-24-12-10-23(29-3)11-13-24/h6-13,19-20H,4-5,14-18H2,1-3H3,(H,26,28). The number of benzene rings is 2. The molecule has 3 rings (SSSR count). The highest BCUT2D eigenvalue weighted by molar-refractivity contribution is 5.76. The van der Waals surface area contributed by atoms with Gasteiger partial charge in [0.1, 0.15) is 11.5 Å². The van der Waals surface area contributed by atoms with Gasteiger partial charge >= 0.3 is 0 Å². The van der Waals surface area contributed by atoms with Crippen molar-refractivity contribution in [3.05, 3.63) is 54.1 Å². The summed E-state index contributed by atoms with van der Waals surface area (Å²) in [6, 6.07) is 16.1. The van der Waals surface area contributed by atoms with E-state index >= 15 is 0 Å². The van der Waals surface area contributed by atoms with Crippen molar-refractivity contribution in [2.45, 2.75) is 45.6 Å². The van der Waals surface area contributed by atoms with E-state index < -0.39 is 0 Å². The SMILES string of the molecule is COc1ccc(OCCCC(=O)NC(C)c2ccc(N3CCC(C)CC3)cc2)cc1. The summed E-state index contributed by atoms with van der Waals surface area (Å²) in [6.07, 6.45) is 3.65. The fourth-order valence-corrected chi connectivity index (χ4v) is 3.73. The van der Waals surface area contributed by atoms with Crippen LogP contribution in [0.3, 0.4) is 0 Å². The van der Waals surface area contributed by atoms with Crippen LogP contribution in [0.25, 0.3) is 0 Å². The largest absolute Gasteiger partial charge is 0.497 e. The summed E-state index contributed by atoms with van der Waals surface area (Å²) in [5.41, 5.74) is 2.41. The minimum atomic E-state index is -0.00423. The number of hydrogen-bond acceptors (Lipinski definition) is 4. The lowest BCUT2D eigenvalue weighted by Gasteiger charge is -2.32. The zero-order chi connectivity index (χ0) is 21.3. The summed E-state index contributed by atoms with van der Waals surface area (Å²) in [6.45, 7) is 7.13. The fraction of sp³-hybridized carbons (Fsp3) is 0.480. The van der Waals surface area contributed by atoms with Crippen molar-refractivity contribution < 1.29 is 14.3 Å². The molecule has 1 heterocycles. The summed E-state index contributed by atoms with van der Waals surface area (Å²) >= 11 is 0. The maximum absolute atomic E-state index is 12.3. The predicted molar refractivity (Wildman–Crippen MR) is 121 cm³/mol. The molecule has 1 saturated heterocycles. The van der Waals surface area contributed by atoms with Gasteiger partial charge in [0.25, 0.3) is 0 Å². The van der Waals surface area contributed by atoms with Crippen LogP contribution in [-0.2, 0) is 4.79 Å². The number of amides is 1. The van der Waals surface area contributed by atoms with Gasteiger partial charge in [0.05, 0.1) is 19.8 Å². The third-order valence-electron chi connectivity index (χ3n) is 5.80. The van der Waals surface area contributed by atoms with E-state index in [4.69, 9.17) is 9.47 Å². The average Bonchev–Trinajstić information content (AvgIpc) is 2.78. The molecule has 1 atom stereocenters. The minimum absolute atomic E-state index is 0.00423. The van der Waals surface area contributed by atoms with E-state index in [-0.39, 0.29) is 11.9 Å². The highest BCUT2D eigenvalue weighted by Gasteiger charge is 2.16. The number of anilines is 1. The van der Waals surface area contributed by atoms with E-state index in [0.717, 1.165) is 36.1 Å². The maximum atomic E-state index is 12.3. The van der Waals surface area contributed by atoms with Crippen LogP contribution in [0.5, 0.6) is 11.5 Å². The zero-order valence-corrected chi connectivity index (χ0v) is 18.4. The van der Waals surface area contributed by atoms with Crippen molar-refractivity contribution in [2.24, 2.45) is 5.92 Å². The Kier molecular flexibility index (Phi) is 8.00. The van der Waals surface area contributed by atoms with Gasteiger partial charge in [-0.3, -0.25) is 4.79 Å². The van der Waals surface area contributed by atoms with Crippen LogP contribution in [0, 0.1) is 5.92 Å². The lowest BCUT2D eigenvalue weighted by atomic mass is 9.98. The number of hydrogen-bond donors (Lipinski definition) is 1. The molecule has 2 aromatic carbocycles. The predicted octanol–water partition coefficient (Wildman–Crippen LogP) is 4.97. The third kappa shape index (κ3) is 6.41. The van der Waals surface area contributed by atoms with Crippen molar-refractivity contribution in [3.63, 3.8) is 0 Å². The number of nitrogens with zero attached hydrogens (tertiary/aromatic N) is 1. The van der Waals surface area contributed by atoms with E-state index in [0.29, 0.717) is 19.4 Å². The van der Waals surface area contributed by atoms with E-state index in [2.05, 4.69) is 41.4 Å². The molecule has 0 aromatic heterocycles. The summed E-state index contributed by atoms with van der Waals surface area (Å²) in [5.74, 6) is 2.47. The highest BCUT2D eigenvalue weighted by atomic mass is 16.5. The van der Waals surface area contributed by atoms with Crippen molar-refractivity contribution in [1.82, 2.24) is 5.32 Å². The second-order valence-corrected chi connectivity index (χ2v) is 8.18. The molecule has 0 spiro atoms. The Bertz CT molecular complexity index is 781. The van der Waals surface area contributed by atoms with Crippen molar-refractivity contribution >= 4 is 11.6 Å². The summed E-state index contributed by atoms with van der Waals surface area (Å²) in [5, 5.41) is 3.09. The van der Waals surface area contributed by atoms with Crippen molar-refractivity contribution in [1.29, 1.82) is 0 Å². The molecular formula is C25H34N2O3. The molecule has 0 saturated carbocycles. The lowest BCUT2D eigenvalue weighted by Crippen LogP contribution is -2.32. The molecule has 5 heteroatoms. The Morgan fingerprint density at radius 2 is 1.70 bits per heavy atom. The lowest BCUT2D eigenvalue weighted by molar-refractivity contribution is -0.121. The Labute approximate surface area is 180 Å². The molecule has 0 radical (unpaired) electrons. The molecule has 1 fully saturated rings. The van der Waals surface area contributed by atoms with Crippen LogP contribution < -0.4 is 19.7 Å². The Hall–Kier alpha value is -2.69. The quantitative estimate of drug-likeness (QED) is 0.593. The zero-order valence-electron chi connectivity index (χ0n) is 18.4. The van der Waals surface area contributed by atoms with Gasteiger partial charge in [-0.05, 0) is 74.1 Å². The summed E-state index contributed by atoms with van der Waals surface area (Å²) in [4.78, 5) is 14.7. The van der Waals surface area contributed by atoms with Crippen LogP contribution in [0.1, 0.15) is 51.1 Å². The van der Waals surface area contributed by atoms with Crippen molar-refractivity contribution in [2.75, 3.05) is 31.7 Å². The van der Waals surface area contributed by atoms with Gasteiger partial charge in [-0.15, -0.1) is 0 Å². The number of piperidine rings is 1. The first kappa shape index (κ1) is 22.0. The topological polar surface area (TPSA) is 50.8 Å². The maximum Gasteiger partial charge on any atom is 0.220 e. The first-order valence-electron chi connectivity index (χ1n) is 11.0. The Balaban J connectivity index is 1.38. The van der Waals surface area contributed by atoms with Crippen LogP contribution >= 0.6 is 0 Å². The molecule has 1 aliphatic rings. The molecule has 162 valence electrons. The number of ether oxygens (including phenoxy) is 2. The highest BCUT2D eigenvalue weighted by Crippen LogP contribution is 2.24. The molecule has 1 unspecified atom stereocenters. The first-order valence-corrected chi connectivity index (χ1v) is 11.0. The first-order chi connectivity index (χ1) is 14.5. The Morgan fingerprint density at radius 1 is 1.07 bits per heavy atom. The molecule has 2 aromatic rings. The van der Waals surface area contributed by atoms with Crippen LogP contribution in [0.15, 0.2) is 48.5 Å². The summed E-state index contributed by atoms with van der Waals surface area (Å²) < 4.78 is 10.8. The van der Waals surface area contributed by atoms with Crippen LogP contribution in [0.4, 0.5) is 5.69 Å². The molecule has 1 aliphatic heterocycles. The van der Waals surface area contributed by atoms with Crippen LogP contribution in [0.2, 0.25) is 0 Å². The molecule has 1 amide bonds. The molecule has 5 nitrogen and oxygen atoms in total. The second-order valence-electron chi connectivity index (χ2n) is 8.18. The van der Waals surface area contributed by atoms with E-state index in [1.165, 1.54) is 18.5 Å². The number of carbonyl (C=O) groups is 1.